The van der Waals surface area contributed by atoms with Crippen LogP contribution in [0.4, 0.5) is 0 Å². The SMILES string of the molecule is C=C(C)C(=O)OC1C[C@H]2CC[C@@]1(C)C2(C)C.C[O]. The molecule has 1 radical (unpaired) electrons. The topological polar surface area (TPSA) is 46.2 Å². The summed E-state index contributed by atoms with van der Waals surface area (Å²) in [5.41, 5.74) is 0.958. The average molecular weight is 253 g/mol. The third-order valence-electron chi connectivity index (χ3n) is 5.31. The summed E-state index contributed by atoms with van der Waals surface area (Å²) in [7, 11) is 0.750. The first-order chi connectivity index (χ1) is 8.29. The molecule has 103 valence electrons. The van der Waals surface area contributed by atoms with Gasteiger partial charge in [-0.1, -0.05) is 27.4 Å². The largest absolute Gasteiger partial charge is 0.458 e. The number of hydrogen-bond donors (Lipinski definition) is 0. The van der Waals surface area contributed by atoms with Crippen molar-refractivity contribution in [3.63, 3.8) is 0 Å². The van der Waals surface area contributed by atoms with Crippen LogP contribution in [0, 0.1) is 16.7 Å². The van der Waals surface area contributed by atoms with Gasteiger partial charge in [-0.05, 0) is 37.5 Å². The van der Waals surface area contributed by atoms with E-state index in [0.717, 1.165) is 13.5 Å². The molecule has 2 saturated carbocycles. The summed E-state index contributed by atoms with van der Waals surface area (Å²) in [6.45, 7) is 12.3. The highest BCUT2D eigenvalue weighted by Gasteiger charge is 2.62. The van der Waals surface area contributed by atoms with E-state index in [-0.39, 0.29) is 17.5 Å². The van der Waals surface area contributed by atoms with Gasteiger partial charge in [0.05, 0.1) is 7.11 Å². The van der Waals surface area contributed by atoms with E-state index < -0.39 is 0 Å². The lowest BCUT2D eigenvalue weighted by Crippen LogP contribution is -2.38. The van der Waals surface area contributed by atoms with Gasteiger partial charge in [0.1, 0.15) is 6.10 Å². The quantitative estimate of drug-likeness (QED) is 0.559. The Morgan fingerprint density at radius 2 is 1.83 bits per heavy atom. The predicted molar refractivity (Wildman–Crippen MR) is 70.5 cm³/mol. The molecule has 2 aliphatic rings. The van der Waals surface area contributed by atoms with Crippen LogP contribution in [-0.2, 0) is 14.6 Å². The number of fused-ring (bicyclic) bond motifs is 2. The number of carbonyl (C=O) groups is 1. The Hall–Kier alpha value is -0.830. The Bertz CT molecular complexity index is 346. The van der Waals surface area contributed by atoms with Crippen LogP contribution in [0.3, 0.4) is 0 Å². The highest BCUT2D eigenvalue weighted by molar-refractivity contribution is 5.87. The Balaban J connectivity index is 0.000000771. The summed E-state index contributed by atoms with van der Waals surface area (Å²) in [5, 5.41) is 8.25. The van der Waals surface area contributed by atoms with Gasteiger partial charge in [0, 0.05) is 11.0 Å². The molecule has 2 fully saturated rings. The van der Waals surface area contributed by atoms with Crippen molar-refractivity contribution in [2.24, 2.45) is 16.7 Å². The van der Waals surface area contributed by atoms with E-state index in [2.05, 4.69) is 27.4 Å². The van der Waals surface area contributed by atoms with Gasteiger partial charge >= 0.3 is 5.97 Å². The number of rotatable bonds is 2. The zero-order valence-corrected chi connectivity index (χ0v) is 12.2. The van der Waals surface area contributed by atoms with E-state index in [9.17, 15) is 4.79 Å². The summed E-state index contributed by atoms with van der Waals surface area (Å²) >= 11 is 0. The van der Waals surface area contributed by atoms with Crippen molar-refractivity contribution in [3.8, 4) is 0 Å². The van der Waals surface area contributed by atoms with E-state index in [0.29, 0.717) is 16.9 Å². The third kappa shape index (κ3) is 2.09. The molecule has 0 aromatic rings. The molecular formula is C15H25O3. The molecule has 0 aliphatic heterocycles. The van der Waals surface area contributed by atoms with Gasteiger partial charge in [-0.3, -0.25) is 0 Å². The summed E-state index contributed by atoms with van der Waals surface area (Å²) in [6, 6.07) is 0. The predicted octanol–water partition coefficient (Wildman–Crippen LogP) is 3.37. The molecule has 0 amide bonds. The summed E-state index contributed by atoms with van der Waals surface area (Å²) < 4.78 is 5.61. The van der Waals surface area contributed by atoms with Crippen molar-refractivity contribution in [2.75, 3.05) is 7.11 Å². The fourth-order valence-corrected chi connectivity index (χ4v) is 3.54. The molecule has 1 unspecified atom stereocenters. The molecule has 3 heteroatoms. The molecule has 18 heavy (non-hydrogen) atoms. The Morgan fingerprint density at radius 1 is 1.28 bits per heavy atom. The van der Waals surface area contributed by atoms with Gasteiger partial charge in [0.25, 0.3) is 0 Å². The monoisotopic (exact) mass is 253 g/mol. The first kappa shape index (κ1) is 15.2. The van der Waals surface area contributed by atoms with Gasteiger partial charge in [0.15, 0.2) is 0 Å². The van der Waals surface area contributed by atoms with Crippen LogP contribution in [0.2, 0.25) is 0 Å². The van der Waals surface area contributed by atoms with Crippen LogP contribution in [0.1, 0.15) is 47.0 Å². The molecule has 0 aromatic carbocycles. The maximum Gasteiger partial charge on any atom is 0.333 e. The van der Waals surface area contributed by atoms with Gasteiger partial charge in [-0.25, -0.2) is 9.90 Å². The number of hydrogen-bond acceptors (Lipinski definition) is 2. The second-order valence-corrected chi connectivity index (χ2v) is 6.28. The van der Waals surface area contributed by atoms with Crippen LogP contribution >= 0.6 is 0 Å². The lowest BCUT2D eigenvalue weighted by molar-refractivity contribution is -0.151. The van der Waals surface area contributed by atoms with E-state index >= 15 is 0 Å². The minimum atomic E-state index is -0.227. The molecule has 0 N–H and O–H groups in total. The third-order valence-corrected chi connectivity index (χ3v) is 5.31. The van der Waals surface area contributed by atoms with Gasteiger partial charge in [-0.2, -0.15) is 0 Å². The molecular weight excluding hydrogens is 228 g/mol. The minimum absolute atomic E-state index is 0.0884. The van der Waals surface area contributed by atoms with E-state index in [1.54, 1.807) is 6.92 Å². The molecule has 2 rings (SSSR count). The first-order valence-corrected chi connectivity index (χ1v) is 6.56. The van der Waals surface area contributed by atoms with E-state index in [1.165, 1.54) is 12.8 Å². The zero-order chi connectivity index (χ0) is 14.1. The van der Waals surface area contributed by atoms with Crippen molar-refractivity contribution in [2.45, 2.75) is 53.1 Å². The summed E-state index contributed by atoms with van der Waals surface area (Å²) in [5.74, 6) is 0.481. The van der Waals surface area contributed by atoms with Crippen molar-refractivity contribution in [1.29, 1.82) is 0 Å². The zero-order valence-electron chi connectivity index (χ0n) is 12.2. The lowest BCUT2D eigenvalue weighted by atomic mass is 9.70. The maximum absolute atomic E-state index is 11.6. The van der Waals surface area contributed by atoms with Crippen LogP contribution in [0.5, 0.6) is 0 Å². The van der Waals surface area contributed by atoms with E-state index in [4.69, 9.17) is 9.84 Å². The summed E-state index contributed by atoms with van der Waals surface area (Å²) in [6.07, 6.45) is 3.58. The molecule has 0 saturated heterocycles. The average Bonchev–Trinajstić information content (AvgIpc) is 2.64. The molecule has 3 nitrogen and oxygen atoms in total. The fraction of sp³-hybridized carbons (Fsp3) is 0.800. The molecule has 0 aromatic heterocycles. The minimum Gasteiger partial charge on any atom is -0.458 e. The summed E-state index contributed by atoms with van der Waals surface area (Å²) in [4.78, 5) is 11.6. The van der Waals surface area contributed by atoms with Crippen molar-refractivity contribution < 1.29 is 14.6 Å². The second kappa shape index (κ2) is 5.04. The lowest BCUT2D eigenvalue weighted by Gasteiger charge is -2.38. The number of esters is 1. The smallest absolute Gasteiger partial charge is 0.333 e. The molecule has 3 atom stereocenters. The molecule has 0 heterocycles. The normalized spacial score (nSPS) is 35.7. The Kier molecular flexibility index (Phi) is 4.26. The molecule has 2 aliphatic carbocycles. The van der Waals surface area contributed by atoms with Crippen LogP contribution in [-0.4, -0.2) is 19.2 Å². The highest BCUT2D eigenvalue weighted by atomic mass is 16.5. The van der Waals surface area contributed by atoms with E-state index in [1.807, 2.05) is 0 Å². The second-order valence-electron chi connectivity index (χ2n) is 6.28. The Morgan fingerprint density at radius 3 is 2.17 bits per heavy atom. The number of ether oxygens (including phenoxy) is 1. The van der Waals surface area contributed by atoms with Gasteiger partial charge < -0.3 is 4.74 Å². The maximum atomic E-state index is 11.6. The van der Waals surface area contributed by atoms with Crippen LogP contribution in [0.15, 0.2) is 12.2 Å². The highest BCUT2D eigenvalue weighted by Crippen LogP contribution is 2.66. The Labute approximate surface area is 110 Å². The molecule has 2 bridgehead atoms. The first-order valence-electron chi connectivity index (χ1n) is 6.56. The van der Waals surface area contributed by atoms with Crippen LogP contribution < -0.4 is 0 Å². The van der Waals surface area contributed by atoms with Gasteiger partial charge in [-0.15, -0.1) is 0 Å². The molecule has 0 spiro atoms. The van der Waals surface area contributed by atoms with Crippen LogP contribution in [0.25, 0.3) is 0 Å². The standard InChI is InChI=1S/C14H22O2.CH3O/c1-9(2)12(15)16-11-8-10-6-7-14(11,5)13(10,3)4;1-2/h10-11H,1,6-8H2,2-5H3;1H3/t10-,11?,14-;/m1./s1. The number of carbonyl (C=O) groups excluding carboxylic acids is 1. The van der Waals surface area contributed by atoms with Crippen molar-refractivity contribution >= 4 is 5.97 Å². The van der Waals surface area contributed by atoms with Crippen molar-refractivity contribution in [1.82, 2.24) is 0 Å². The van der Waals surface area contributed by atoms with Crippen molar-refractivity contribution in [3.05, 3.63) is 12.2 Å². The fourth-order valence-electron chi connectivity index (χ4n) is 3.54. The van der Waals surface area contributed by atoms with Gasteiger partial charge in [0.2, 0.25) is 0 Å².